The summed E-state index contributed by atoms with van der Waals surface area (Å²) in [5.74, 6) is 1.78. The van der Waals surface area contributed by atoms with Crippen LogP contribution in [0.4, 0.5) is 5.82 Å². The fourth-order valence-electron chi connectivity index (χ4n) is 2.47. The molecular formula is C18H17N5O. The molecule has 0 spiro atoms. The van der Waals surface area contributed by atoms with Crippen LogP contribution in [0.5, 0.6) is 0 Å². The maximum Gasteiger partial charge on any atom is 0.247 e. The molecular weight excluding hydrogens is 302 g/mol. The number of aromatic nitrogens is 3. The summed E-state index contributed by atoms with van der Waals surface area (Å²) in [7, 11) is 1.90. The van der Waals surface area contributed by atoms with Crippen molar-refractivity contribution >= 4 is 5.82 Å². The summed E-state index contributed by atoms with van der Waals surface area (Å²) in [6, 6.07) is 13.7. The molecule has 0 unspecified atom stereocenters. The van der Waals surface area contributed by atoms with Gasteiger partial charge >= 0.3 is 0 Å². The zero-order valence-electron chi connectivity index (χ0n) is 13.8. The van der Waals surface area contributed by atoms with E-state index in [0.29, 0.717) is 23.9 Å². The van der Waals surface area contributed by atoms with E-state index in [1.165, 1.54) is 0 Å². The van der Waals surface area contributed by atoms with Crippen LogP contribution in [0.25, 0.3) is 11.5 Å². The SMILES string of the molecule is Cc1cc(N(C)Cc2nnc(-c3ccccc3)o2)nc(C)c1C#N. The average Bonchev–Trinajstić information content (AvgIpc) is 3.04. The van der Waals surface area contributed by atoms with Crippen molar-refractivity contribution in [1.82, 2.24) is 15.2 Å². The van der Waals surface area contributed by atoms with Gasteiger partial charge in [-0.15, -0.1) is 10.2 Å². The van der Waals surface area contributed by atoms with Crippen molar-refractivity contribution in [2.45, 2.75) is 20.4 Å². The number of aryl methyl sites for hydroxylation is 2. The van der Waals surface area contributed by atoms with Crippen molar-refractivity contribution in [3.8, 4) is 17.5 Å². The highest BCUT2D eigenvalue weighted by molar-refractivity contribution is 5.52. The van der Waals surface area contributed by atoms with Crippen LogP contribution in [0, 0.1) is 25.2 Å². The highest BCUT2D eigenvalue weighted by atomic mass is 16.4. The second-order valence-electron chi connectivity index (χ2n) is 5.59. The maximum absolute atomic E-state index is 9.14. The molecule has 1 aromatic carbocycles. The second-order valence-corrected chi connectivity index (χ2v) is 5.59. The predicted molar refractivity (Wildman–Crippen MR) is 90.3 cm³/mol. The first-order chi connectivity index (χ1) is 11.6. The van der Waals surface area contributed by atoms with Gasteiger partial charge in [0.25, 0.3) is 0 Å². The van der Waals surface area contributed by atoms with Gasteiger partial charge in [-0.3, -0.25) is 0 Å². The van der Waals surface area contributed by atoms with Crippen LogP contribution in [0.2, 0.25) is 0 Å². The Balaban J connectivity index is 1.80. The first-order valence-corrected chi connectivity index (χ1v) is 7.55. The smallest absolute Gasteiger partial charge is 0.247 e. The fraction of sp³-hybridized carbons (Fsp3) is 0.222. The first kappa shape index (κ1) is 15.7. The van der Waals surface area contributed by atoms with E-state index in [-0.39, 0.29) is 0 Å². The monoisotopic (exact) mass is 319 g/mol. The summed E-state index contributed by atoms with van der Waals surface area (Å²) in [4.78, 5) is 6.40. The maximum atomic E-state index is 9.14. The van der Waals surface area contributed by atoms with Gasteiger partial charge < -0.3 is 9.32 Å². The highest BCUT2D eigenvalue weighted by Gasteiger charge is 2.13. The molecule has 3 rings (SSSR count). The van der Waals surface area contributed by atoms with Gasteiger partial charge in [-0.1, -0.05) is 18.2 Å². The number of rotatable bonds is 4. The van der Waals surface area contributed by atoms with Crippen molar-refractivity contribution in [2.75, 3.05) is 11.9 Å². The lowest BCUT2D eigenvalue weighted by Crippen LogP contribution is -2.18. The molecule has 24 heavy (non-hydrogen) atoms. The van der Waals surface area contributed by atoms with Crippen LogP contribution >= 0.6 is 0 Å². The van der Waals surface area contributed by atoms with Crippen LogP contribution in [-0.2, 0) is 6.54 Å². The van der Waals surface area contributed by atoms with E-state index in [4.69, 9.17) is 9.68 Å². The molecule has 2 aromatic heterocycles. The topological polar surface area (TPSA) is 78.8 Å². The average molecular weight is 319 g/mol. The van der Waals surface area contributed by atoms with Gasteiger partial charge in [-0.2, -0.15) is 5.26 Å². The van der Waals surface area contributed by atoms with Crippen LogP contribution < -0.4 is 4.90 Å². The Bertz CT molecular complexity index is 872. The van der Waals surface area contributed by atoms with Crippen molar-refractivity contribution in [3.05, 3.63) is 59.1 Å². The van der Waals surface area contributed by atoms with Gasteiger partial charge in [0, 0.05) is 12.6 Å². The van der Waals surface area contributed by atoms with Gasteiger partial charge in [0.15, 0.2) is 0 Å². The van der Waals surface area contributed by atoms with Crippen LogP contribution in [0.15, 0.2) is 40.8 Å². The standard InChI is InChI=1S/C18H17N5O/c1-12-9-16(20-13(2)15(12)10-19)23(3)11-17-21-22-18(24-17)14-7-5-4-6-8-14/h4-9H,11H2,1-3H3. The number of hydrogen-bond acceptors (Lipinski definition) is 6. The molecule has 120 valence electrons. The molecule has 2 heterocycles. The minimum Gasteiger partial charge on any atom is -0.419 e. The van der Waals surface area contributed by atoms with Crippen LogP contribution in [0.3, 0.4) is 0 Å². The Morgan fingerprint density at radius 2 is 1.92 bits per heavy atom. The van der Waals surface area contributed by atoms with E-state index >= 15 is 0 Å². The molecule has 0 aliphatic carbocycles. The van der Waals surface area contributed by atoms with E-state index in [0.717, 1.165) is 22.6 Å². The molecule has 6 nitrogen and oxygen atoms in total. The lowest BCUT2D eigenvalue weighted by Gasteiger charge is -2.17. The summed E-state index contributed by atoms with van der Waals surface area (Å²) >= 11 is 0. The molecule has 0 fully saturated rings. The molecule has 0 aliphatic heterocycles. The number of anilines is 1. The Labute approximate surface area is 140 Å². The number of nitrogens with zero attached hydrogens (tertiary/aromatic N) is 5. The lowest BCUT2D eigenvalue weighted by molar-refractivity contribution is 0.503. The highest BCUT2D eigenvalue weighted by Crippen LogP contribution is 2.21. The van der Waals surface area contributed by atoms with E-state index in [1.54, 1.807) is 0 Å². The van der Waals surface area contributed by atoms with Crippen LogP contribution in [0.1, 0.15) is 22.7 Å². The largest absolute Gasteiger partial charge is 0.419 e. The molecule has 0 bridgehead atoms. The van der Waals surface area contributed by atoms with E-state index in [9.17, 15) is 0 Å². The quantitative estimate of drug-likeness (QED) is 0.734. The molecule has 0 N–H and O–H groups in total. The van der Waals surface area contributed by atoms with Crippen LogP contribution in [-0.4, -0.2) is 22.2 Å². The number of benzene rings is 1. The summed E-state index contributed by atoms with van der Waals surface area (Å²) in [6.07, 6.45) is 0. The first-order valence-electron chi connectivity index (χ1n) is 7.55. The molecule has 0 saturated carbocycles. The molecule has 0 aliphatic rings. The van der Waals surface area contributed by atoms with Gasteiger partial charge in [0.05, 0.1) is 17.8 Å². The van der Waals surface area contributed by atoms with Crippen molar-refractivity contribution < 1.29 is 4.42 Å². The van der Waals surface area contributed by atoms with Crippen molar-refractivity contribution in [1.29, 1.82) is 5.26 Å². The zero-order chi connectivity index (χ0) is 17.1. The van der Waals surface area contributed by atoms with Crippen molar-refractivity contribution in [3.63, 3.8) is 0 Å². The number of hydrogen-bond donors (Lipinski definition) is 0. The number of pyridine rings is 1. The van der Waals surface area contributed by atoms with E-state index < -0.39 is 0 Å². The number of nitriles is 1. The third kappa shape index (κ3) is 3.10. The predicted octanol–water partition coefficient (Wildman–Crippen LogP) is 3.26. The third-order valence-electron chi connectivity index (χ3n) is 3.75. The summed E-state index contributed by atoms with van der Waals surface area (Å²) in [6.45, 7) is 4.19. The zero-order valence-corrected chi connectivity index (χ0v) is 13.8. The third-order valence-corrected chi connectivity index (χ3v) is 3.75. The summed E-state index contributed by atoms with van der Waals surface area (Å²) in [5.41, 5.74) is 3.13. The van der Waals surface area contributed by atoms with E-state index in [2.05, 4.69) is 21.3 Å². The molecule has 0 atom stereocenters. The Morgan fingerprint density at radius 1 is 1.17 bits per heavy atom. The molecule has 0 radical (unpaired) electrons. The fourth-order valence-corrected chi connectivity index (χ4v) is 2.47. The Morgan fingerprint density at radius 3 is 2.58 bits per heavy atom. The van der Waals surface area contributed by atoms with Gasteiger partial charge in [0.1, 0.15) is 11.9 Å². The summed E-state index contributed by atoms with van der Waals surface area (Å²) in [5, 5.41) is 17.3. The van der Waals surface area contributed by atoms with E-state index in [1.807, 2.05) is 62.2 Å². The molecule has 0 saturated heterocycles. The van der Waals surface area contributed by atoms with Gasteiger partial charge in [-0.25, -0.2) is 4.98 Å². The Kier molecular flexibility index (Phi) is 4.25. The minimum absolute atomic E-state index is 0.442. The minimum atomic E-state index is 0.442. The molecule has 0 amide bonds. The summed E-state index contributed by atoms with van der Waals surface area (Å²) < 4.78 is 5.72. The lowest BCUT2D eigenvalue weighted by atomic mass is 10.1. The van der Waals surface area contributed by atoms with Gasteiger partial charge in [0.2, 0.25) is 11.8 Å². The second kappa shape index (κ2) is 6.50. The molecule has 3 aromatic rings. The van der Waals surface area contributed by atoms with Crippen molar-refractivity contribution in [2.24, 2.45) is 0 Å². The van der Waals surface area contributed by atoms with Gasteiger partial charge in [-0.05, 0) is 37.6 Å². The normalized spacial score (nSPS) is 10.4. The molecule has 6 heteroatoms. The Hall–Kier alpha value is -3.20.